The van der Waals surface area contributed by atoms with Crippen molar-refractivity contribution in [3.05, 3.63) is 38.0 Å². The quantitative estimate of drug-likeness (QED) is 0.701. The normalized spacial score (nSPS) is 11.3. The number of ether oxygens (including phenoxy) is 1. The number of halogens is 2. The molecule has 0 atom stereocenters. The van der Waals surface area contributed by atoms with Gasteiger partial charge in [0.25, 0.3) is 5.56 Å². The van der Waals surface area contributed by atoms with Gasteiger partial charge < -0.3 is 9.84 Å². The number of aromatic nitrogens is 2. The van der Waals surface area contributed by atoms with Gasteiger partial charge in [0.05, 0.1) is 41.7 Å². The lowest BCUT2D eigenvalue weighted by Gasteiger charge is -2.15. The first-order valence-corrected chi connectivity index (χ1v) is 8.17. The lowest BCUT2D eigenvalue weighted by molar-refractivity contribution is 0.416. The number of hydrogen-bond acceptors (Lipinski definition) is 5. The summed E-state index contributed by atoms with van der Waals surface area (Å²) in [6.45, 7) is -0.0286. The van der Waals surface area contributed by atoms with E-state index in [0.717, 1.165) is 11.3 Å². The zero-order valence-corrected chi connectivity index (χ0v) is 14.4. The van der Waals surface area contributed by atoms with Gasteiger partial charge in [-0.2, -0.15) is 0 Å². The third-order valence-corrected chi connectivity index (χ3v) is 4.85. The molecular formula is C16H10Cl2N2O3S. The van der Waals surface area contributed by atoms with E-state index in [-0.39, 0.29) is 44.9 Å². The fourth-order valence-corrected chi connectivity index (χ4v) is 3.61. The van der Waals surface area contributed by atoms with E-state index >= 15 is 0 Å². The lowest BCUT2D eigenvalue weighted by atomic mass is 10.0. The number of thiazole rings is 1. The van der Waals surface area contributed by atoms with Crippen LogP contribution in [0.2, 0.25) is 10.0 Å². The van der Waals surface area contributed by atoms with E-state index in [9.17, 15) is 9.90 Å². The van der Waals surface area contributed by atoms with Crippen molar-refractivity contribution in [2.75, 3.05) is 7.09 Å². The summed E-state index contributed by atoms with van der Waals surface area (Å²) >= 11 is 13.5. The number of pyridine rings is 1. The first-order chi connectivity index (χ1) is 12.0. The van der Waals surface area contributed by atoms with E-state index in [2.05, 4.69) is 10.9 Å². The number of terminal acetylenes is 1. The van der Waals surface area contributed by atoms with Gasteiger partial charge in [-0.1, -0.05) is 29.1 Å². The van der Waals surface area contributed by atoms with Crippen LogP contribution in [0.5, 0.6) is 11.5 Å². The Morgan fingerprint density at radius 1 is 1.46 bits per heavy atom. The van der Waals surface area contributed by atoms with Crippen molar-refractivity contribution in [2.24, 2.45) is 0 Å². The molecule has 5 nitrogen and oxygen atoms in total. The van der Waals surface area contributed by atoms with Crippen LogP contribution in [0, 0.1) is 12.3 Å². The summed E-state index contributed by atoms with van der Waals surface area (Å²) < 4.78 is 14.2. The zero-order chi connectivity index (χ0) is 18.1. The molecule has 0 unspecified atom stereocenters. The molecule has 3 aromatic rings. The first-order valence-electron chi connectivity index (χ1n) is 7.24. The molecule has 0 aliphatic rings. The monoisotopic (exact) mass is 381 g/mol. The highest BCUT2D eigenvalue weighted by Gasteiger charge is 2.25. The van der Waals surface area contributed by atoms with Gasteiger partial charge in [-0.05, 0) is 12.1 Å². The lowest BCUT2D eigenvalue weighted by Crippen LogP contribution is -2.22. The average Bonchev–Trinajstić information content (AvgIpc) is 3.07. The molecule has 0 aliphatic carbocycles. The van der Waals surface area contributed by atoms with Crippen LogP contribution in [0.3, 0.4) is 0 Å². The second-order valence-corrected chi connectivity index (χ2v) is 6.37. The summed E-state index contributed by atoms with van der Waals surface area (Å²) in [5, 5.41) is 11.0. The van der Waals surface area contributed by atoms with E-state index in [0.29, 0.717) is 4.70 Å². The Balaban J connectivity index is 2.48. The van der Waals surface area contributed by atoms with Gasteiger partial charge in [0.1, 0.15) is 16.2 Å². The van der Waals surface area contributed by atoms with Crippen LogP contribution in [0.1, 0.15) is 1.37 Å². The molecule has 24 heavy (non-hydrogen) atoms. The molecule has 2 heterocycles. The number of hydrogen-bond donors (Lipinski definition) is 1. The number of aromatic hydroxyl groups is 1. The molecule has 3 rings (SSSR count). The predicted molar refractivity (Wildman–Crippen MR) is 96.4 cm³/mol. The number of fused-ring (bicyclic) bond motifs is 1. The Labute approximate surface area is 152 Å². The van der Waals surface area contributed by atoms with Crippen LogP contribution in [-0.2, 0) is 6.54 Å². The Bertz CT molecular complexity index is 1070. The van der Waals surface area contributed by atoms with Gasteiger partial charge in [0.15, 0.2) is 5.65 Å². The van der Waals surface area contributed by atoms with Gasteiger partial charge in [-0.15, -0.1) is 17.8 Å². The molecule has 1 N–H and O–H groups in total. The van der Waals surface area contributed by atoms with Gasteiger partial charge in [-0.25, -0.2) is 4.98 Å². The maximum atomic E-state index is 13.0. The van der Waals surface area contributed by atoms with Gasteiger partial charge in [0, 0.05) is 0 Å². The van der Waals surface area contributed by atoms with E-state index in [1.165, 1.54) is 22.2 Å². The van der Waals surface area contributed by atoms with Crippen LogP contribution < -0.4 is 10.3 Å². The number of methoxy groups -OCH3 is 1. The molecule has 0 amide bonds. The van der Waals surface area contributed by atoms with Crippen molar-refractivity contribution < 1.29 is 11.2 Å². The first kappa shape index (κ1) is 15.3. The molecule has 0 fully saturated rings. The minimum atomic E-state index is -0.576. The minimum Gasteiger partial charge on any atom is -0.505 e. The number of benzene rings is 1. The van der Waals surface area contributed by atoms with Crippen molar-refractivity contribution >= 4 is 44.9 Å². The molecule has 0 saturated heterocycles. The maximum Gasteiger partial charge on any atom is 0.264 e. The molecule has 0 saturated carbocycles. The SMILES string of the molecule is [2H]COc1c(Cl)ccc(Cl)c1-c1c(O)c2scnc2n(CC#C)c1=O. The van der Waals surface area contributed by atoms with Crippen LogP contribution in [0.25, 0.3) is 21.5 Å². The summed E-state index contributed by atoms with van der Waals surface area (Å²) in [6.07, 6.45) is 5.35. The summed E-state index contributed by atoms with van der Waals surface area (Å²) in [6, 6.07) is 2.97. The number of nitrogens with zero attached hydrogens (tertiary/aromatic N) is 2. The largest absolute Gasteiger partial charge is 0.505 e. The highest BCUT2D eigenvalue weighted by atomic mass is 35.5. The van der Waals surface area contributed by atoms with Gasteiger partial charge in [0.2, 0.25) is 0 Å². The second-order valence-electron chi connectivity index (χ2n) is 4.70. The molecule has 122 valence electrons. The molecule has 2 aromatic heterocycles. The fourth-order valence-electron chi connectivity index (χ4n) is 2.41. The van der Waals surface area contributed by atoms with Crippen molar-refractivity contribution in [3.8, 4) is 35.0 Å². The minimum absolute atomic E-state index is 0.0286. The Morgan fingerprint density at radius 3 is 2.92 bits per heavy atom. The van der Waals surface area contributed by atoms with Crippen LogP contribution in [-0.4, -0.2) is 21.7 Å². The Hall–Kier alpha value is -2.20. The topological polar surface area (TPSA) is 64.3 Å². The van der Waals surface area contributed by atoms with Crippen molar-refractivity contribution in [3.63, 3.8) is 0 Å². The van der Waals surface area contributed by atoms with Crippen molar-refractivity contribution in [2.45, 2.75) is 6.54 Å². The van der Waals surface area contributed by atoms with E-state index in [1.54, 1.807) is 0 Å². The third kappa shape index (κ3) is 2.42. The van der Waals surface area contributed by atoms with Crippen molar-refractivity contribution in [1.82, 2.24) is 9.55 Å². The molecule has 1 aromatic carbocycles. The van der Waals surface area contributed by atoms with E-state index < -0.39 is 12.6 Å². The highest BCUT2D eigenvalue weighted by molar-refractivity contribution is 7.17. The Morgan fingerprint density at radius 2 is 2.21 bits per heavy atom. The van der Waals surface area contributed by atoms with E-state index in [1.807, 2.05) is 0 Å². The van der Waals surface area contributed by atoms with Crippen LogP contribution in [0.15, 0.2) is 22.4 Å². The third-order valence-electron chi connectivity index (χ3n) is 3.42. The zero-order valence-electron chi connectivity index (χ0n) is 13.0. The smallest absolute Gasteiger partial charge is 0.264 e. The molecule has 0 aliphatic heterocycles. The van der Waals surface area contributed by atoms with Gasteiger partial charge in [-0.3, -0.25) is 9.36 Å². The maximum absolute atomic E-state index is 13.0. The van der Waals surface area contributed by atoms with E-state index in [4.69, 9.17) is 35.7 Å². The van der Waals surface area contributed by atoms with Crippen LogP contribution in [0.4, 0.5) is 0 Å². The molecular weight excluding hydrogens is 371 g/mol. The van der Waals surface area contributed by atoms with Gasteiger partial charge >= 0.3 is 0 Å². The molecule has 0 spiro atoms. The fraction of sp³-hybridized carbons (Fsp3) is 0.125. The summed E-state index contributed by atoms with van der Waals surface area (Å²) in [4.78, 5) is 17.1. The highest BCUT2D eigenvalue weighted by Crippen LogP contribution is 2.45. The summed E-state index contributed by atoms with van der Waals surface area (Å²) in [7, 11) is -0.435. The summed E-state index contributed by atoms with van der Waals surface area (Å²) in [5.41, 5.74) is 1.23. The Kier molecular flexibility index (Phi) is 4.07. The molecule has 8 heteroatoms. The number of rotatable bonds is 3. The second kappa shape index (κ2) is 6.36. The van der Waals surface area contributed by atoms with Crippen molar-refractivity contribution in [1.29, 1.82) is 0 Å². The summed E-state index contributed by atoms with van der Waals surface area (Å²) in [5.74, 6) is 2.16. The van der Waals surface area contributed by atoms with Crippen LogP contribution >= 0.6 is 34.5 Å². The standard InChI is InChI=1S/C16H10Cl2N2O3S/c1-3-6-20-15-14(24-7-19-15)12(21)11(16(20)22)10-8(17)4-5-9(18)13(10)23-2/h1,4-5,7,21H,6H2,2H3/i2D. The average molecular weight is 382 g/mol. The molecule has 0 radical (unpaired) electrons. The predicted octanol–water partition coefficient (Wildman–Crippen LogP) is 3.78. The molecule has 0 bridgehead atoms.